The van der Waals surface area contributed by atoms with Crippen LogP contribution in [0.1, 0.15) is 19.6 Å². The molecule has 0 radical (unpaired) electrons. The normalized spacial score (nSPS) is 18.4. The van der Waals surface area contributed by atoms with E-state index in [1.165, 1.54) is 13.0 Å². The van der Waals surface area contributed by atoms with Gasteiger partial charge in [0.15, 0.2) is 3.77 Å². The predicted molar refractivity (Wildman–Crippen MR) is 85.3 cm³/mol. The summed E-state index contributed by atoms with van der Waals surface area (Å²) in [7, 11) is 0. The van der Waals surface area contributed by atoms with Crippen LogP contribution in [0.3, 0.4) is 0 Å². The summed E-state index contributed by atoms with van der Waals surface area (Å²) >= 11 is 2.78. The summed E-state index contributed by atoms with van der Waals surface area (Å²) in [4.78, 5) is 37.0. The van der Waals surface area contributed by atoms with E-state index in [2.05, 4.69) is 0 Å². The van der Waals surface area contributed by atoms with Gasteiger partial charge in [0.05, 0.1) is 11.5 Å². The molecule has 1 aliphatic heterocycles. The van der Waals surface area contributed by atoms with Crippen molar-refractivity contribution in [1.82, 2.24) is 4.90 Å². The fourth-order valence-electron chi connectivity index (χ4n) is 1.72. The number of imide groups is 1. The minimum Gasteiger partial charge on any atom is -0.464 e. The molecule has 21 heavy (non-hydrogen) atoms. The number of furan rings is 1. The average Bonchev–Trinajstić information content (AvgIpc) is 2.94. The number of hydrogen-bond donors (Lipinski definition) is 0. The molecule has 112 valence electrons. The van der Waals surface area contributed by atoms with Crippen molar-refractivity contribution in [2.75, 3.05) is 6.61 Å². The van der Waals surface area contributed by atoms with Gasteiger partial charge in [0.1, 0.15) is 11.8 Å². The SMILES string of the molecule is CCOC(=O)C(C)N1C(=O)SC(=Cc2ccc(I)o2)C1=O. The van der Waals surface area contributed by atoms with E-state index < -0.39 is 23.2 Å². The third-order valence-electron chi connectivity index (χ3n) is 2.71. The number of hydrogen-bond acceptors (Lipinski definition) is 6. The monoisotopic (exact) mass is 421 g/mol. The number of nitrogens with zero attached hydrogens (tertiary/aromatic N) is 1. The first-order chi connectivity index (χ1) is 9.93. The standard InChI is InChI=1S/C13H12INO5S/c1-3-19-12(17)7(2)15-11(16)9(21-13(15)18)6-8-4-5-10(14)20-8/h4-7H,3H2,1-2H3. The number of halogens is 1. The van der Waals surface area contributed by atoms with Gasteiger partial charge in [-0.3, -0.25) is 14.5 Å². The van der Waals surface area contributed by atoms with E-state index in [0.717, 1.165) is 16.7 Å². The van der Waals surface area contributed by atoms with Gasteiger partial charge in [-0.1, -0.05) is 0 Å². The summed E-state index contributed by atoms with van der Waals surface area (Å²) in [6, 6.07) is 2.50. The zero-order valence-corrected chi connectivity index (χ0v) is 14.3. The Kier molecular flexibility index (Phi) is 5.09. The molecule has 1 unspecified atom stereocenters. The second-order valence-corrected chi connectivity index (χ2v) is 6.18. The van der Waals surface area contributed by atoms with Crippen molar-refractivity contribution in [3.05, 3.63) is 26.6 Å². The second-order valence-electron chi connectivity index (χ2n) is 4.12. The van der Waals surface area contributed by atoms with Gasteiger partial charge in [-0.05, 0) is 60.3 Å². The minimum atomic E-state index is -0.944. The Hall–Kier alpha value is -1.29. The molecule has 6 nitrogen and oxygen atoms in total. The highest BCUT2D eigenvalue weighted by Crippen LogP contribution is 2.34. The van der Waals surface area contributed by atoms with Crippen LogP contribution in [0.15, 0.2) is 21.5 Å². The summed E-state index contributed by atoms with van der Waals surface area (Å²) in [5.41, 5.74) is 0. The molecule has 1 aliphatic rings. The summed E-state index contributed by atoms with van der Waals surface area (Å²) in [6.45, 7) is 3.32. The highest BCUT2D eigenvalue weighted by Gasteiger charge is 2.41. The lowest BCUT2D eigenvalue weighted by molar-refractivity contribution is -0.150. The van der Waals surface area contributed by atoms with Crippen LogP contribution in [0, 0.1) is 3.77 Å². The summed E-state index contributed by atoms with van der Waals surface area (Å²) in [5, 5.41) is -0.493. The quantitative estimate of drug-likeness (QED) is 0.423. The fourth-order valence-corrected chi connectivity index (χ4v) is 3.04. The molecule has 0 aliphatic carbocycles. The Morgan fingerprint density at radius 1 is 1.52 bits per heavy atom. The first kappa shape index (κ1) is 16.1. The summed E-state index contributed by atoms with van der Waals surface area (Å²) in [6.07, 6.45) is 1.49. The molecule has 2 rings (SSSR count). The summed E-state index contributed by atoms with van der Waals surface area (Å²) < 4.78 is 10.8. The third-order valence-corrected chi connectivity index (χ3v) is 4.17. The molecule has 2 amide bonds. The number of ether oxygens (including phenoxy) is 1. The first-order valence-corrected chi connectivity index (χ1v) is 8.02. The van der Waals surface area contributed by atoms with Gasteiger partial charge in [0.2, 0.25) is 0 Å². The number of rotatable bonds is 4. The number of carbonyl (C=O) groups excluding carboxylic acids is 3. The maximum atomic E-state index is 12.2. The van der Waals surface area contributed by atoms with E-state index in [-0.39, 0.29) is 11.5 Å². The molecule has 1 atom stereocenters. The van der Waals surface area contributed by atoms with Gasteiger partial charge in [-0.25, -0.2) is 4.79 Å². The number of amides is 2. The van der Waals surface area contributed by atoms with Crippen molar-refractivity contribution < 1.29 is 23.5 Å². The molecule has 0 saturated carbocycles. The third kappa shape index (κ3) is 3.49. The molecule has 0 bridgehead atoms. The van der Waals surface area contributed by atoms with Gasteiger partial charge in [0, 0.05) is 6.08 Å². The first-order valence-electron chi connectivity index (χ1n) is 6.13. The van der Waals surface area contributed by atoms with Crippen LogP contribution in [0.25, 0.3) is 6.08 Å². The fraction of sp³-hybridized carbons (Fsp3) is 0.308. The lowest BCUT2D eigenvalue weighted by Gasteiger charge is -2.19. The molecule has 0 spiro atoms. The maximum Gasteiger partial charge on any atom is 0.329 e. The van der Waals surface area contributed by atoms with Crippen LogP contribution < -0.4 is 0 Å². The van der Waals surface area contributed by atoms with Crippen molar-refractivity contribution in [3.8, 4) is 0 Å². The maximum absolute atomic E-state index is 12.2. The van der Waals surface area contributed by atoms with E-state index in [0.29, 0.717) is 9.53 Å². The van der Waals surface area contributed by atoms with Crippen LogP contribution in [-0.4, -0.2) is 34.7 Å². The Morgan fingerprint density at radius 2 is 2.24 bits per heavy atom. The van der Waals surface area contributed by atoms with E-state index >= 15 is 0 Å². The average molecular weight is 421 g/mol. The van der Waals surface area contributed by atoms with Crippen molar-refractivity contribution in [2.24, 2.45) is 0 Å². The van der Waals surface area contributed by atoms with Crippen LogP contribution in [0.2, 0.25) is 0 Å². The summed E-state index contributed by atoms with van der Waals surface area (Å²) in [5.74, 6) is -0.640. The van der Waals surface area contributed by atoms with E-state index in [4.69, 9.17) is 9.15 Å². The Bertz CT molecular complexity index is 624. The van der Waals surface area contributed by atoms with Crippen LogP contribution in [-0.2, 0) is 14.3 Å². The van der Waals surface area contributed by atoms with Gasteiger partial charge < -0.3 is 9.15 Å². The molecule has 0 aromatic carbocycles. The largest absolute Gasteiger partial charge is 0.464 e. The Labute approximate surface area is 139 Å². The van der Waals surface area contributed by atoms with Crippen LogP contribution in [0.5, 0.6) is 0 Å². The molecule has 1 aromatic rings. The lowest BCUT2D eigenvalue weighted by Crippen LogP contribution is -2.42. The highest BCUT2D eigenvalue weighted by molar-refractivity contribution is 14.1. The topological polar surface area (TPSA) is 76.8 Å². The predicted octanol–water partition coefficient (Wildman–Crippen LogP) is 2.87. The van der Waals surface area contributed by atoms with E-state index in [1.807, 2.05) is 22.6 Å². The zero-order valence-electron chi connectivity index (χ0n) is 11.3. The van der Waals surface area contributed by atoms with Crippen molar-refractivity contribution in [1.29, 1.82) is 0 Å². The smallest absolute Gasteiger partial charge is 0.329 e. The number of thioether (sulfide) groups is 1. The van der Waals surface area contributed by atoms with Crippen molar-refractivity contribution in [2.45, 2.75) is 19.9 Å². The second kappa shape index (κ2) is 6.65. The Morgan fingerprint density at radius 3 is 2.81 bits per heavy atom. The minimum absolute atomic E-state index is 0.195. The molecule has 1 fully saturated rings. The van der Waals surface area contributed by atoms with Gasteiger partial charge in [-0.2, -0.15) is 0 Å². The van der Waals surface area contributed by atoms with Crippen LogP contribution >= 0.6 is 34.4 Å². The molecule has 1 aromatic heterocycles. The number of esters is 1. The zero-order chi connectivity index (χ0) is 15.6. The van der Waals surface area contributed by atoms with Crippen LogP contribution in [0.4, 0.5) is 4.79 Å². The molecule has 0 N–H and O–H groups in total. The molecule has 1 saturated heterocycles. The molecule has 2 heterocycles. The molecular weight excluding hydrogens is 409 g/mol. The van der Waals surface area contributed by atoms with Crippen molar-refractivity contribution >= 4 is 57.5 Å². The molecule has 8 heteroatoms. The van der Waals surface area contributed by atoms with Gasteiger partial charge in [0.25, 0.3) is 11.1 Å². The van der Waals surface area contributed by atoms with E-state index in [9.17, 15) is 14.4 Å². The highest BCUT2D eigenvalue weighted by atomic mass is 127. The number of carbonyl (C=O) groups is 3. The van der Waals surface area contributed by atoms with E-state index in [1.54, 1.807) is 19.1 Å². The van der Waals surface area contributed by atoms with Gasteiger partial charge >= 0.3 is 5.97 Å². The van der Waals surface area contributed by atoms with Gasteiger partial charge in [-0.15, -0.1) is 0 Å². The lowest BCUT2D eigenvalue weighted by atomic mass is 10.3. The van der Waals surface area contributed by atoms with Crippen molar-refractivity contribution in [3.63, 3.8) is 0 Å². The molecular formula is C13H12INO5S. The Balaban J connectivity index is 2.20.